The number of benzene rings is 3. The molecule has 2 heterocycles. The summed E-state index contributed by atoms with van der Waals surface area (Å²) < 4.78 is 5.95. The molecule has 0 saturated carbocycles. The van der Waals surface area contributed by atoms with Gasteiger partial charge in [0.15, 0.2) is 0 Å². The molecule has 1 aromatic heterocycles. The number of aliphatic hydroxyl groups is 1. The van der Waals surface area contributed by atoms with Gasteiger partial charge in [-0.15, -0.1) is 0 Å². The summed E-state index contributed by atoms with van der Waals surface area (Å²) in [6.45, 7) is 2.38. The fourth-order valence-corrected chi connectivity index (χ4v) is 4.58. The van der Waals surface area contributed by atoms with Crippen LogP contribution in [0.5, 0.6) is 11.5 Å². The van der Waals surface area contributed by atoms with E-state index in [9.17, 15) is 19.8 Å². The Hall–Kier alpha value is -4.91. The predicted octanol–water partition coefficient (Wildman–Crippen LogP) is 5.30. The smallest absolute Gasteiger partial charge is 0.295 e. The van der Waals surface area contributed by atoms with Gasteiger partial charge in [-0.3, -0.25) is 14.6 Å². The summed E-state index contributed by atoms with van der Waals surface area (Å²) in [4.78, 5) is 32.0. The van der Waals surface area contributed by atoms with Crippen molar-refractivity contribution >= 4 is 17.4 Å². The molecule has 0 radical (unpaired) electrons. The number of phenolic OH excluding ortho intramolecular Hbond substituents is 1. The minimum Gasteiger partial charge on any atom is -0.508 e. The van der Waals surface area contributed by atoms with E-state index in [4.69, 9.17) is 4.74 Å². The highest BCUT2D eigenvalue weighted by molar-refractivity contribution is 6.46. The van der Waals surface area contributed by atoms with Gasteiger partial charge in [0.25, 0.3) is 11.7 Å². The van der Waals surface area contributed by atoms with Crippen LogP contribution in [-0.2, 0) is 22.7 Å². The van der Waals surface area contributed by atoms with Crippen molar-refractivity contribution in [2.75, 3.05) is 0 Å². The number of aliphatic hydroxyl groups excluding tert-OH is 1. The molecule has 7 heteroatoms. The van der Waals surface area contributed by atoms with Gasteiger partial charge < -0.3 is 19.8 Å². The van der Waals surface area contributed by atoms with Crippen molar-refractivity contribution in [2.24, 2.45) is 0 Å². The third kappa shape index (κ3) is 4.99. The molecule has 4 aromatic rings. The lowest BCUT2D eigenvalue weighted by atomic mass is 9.94. The fraction of sp³-hybridized carbons (Fsp3) is 0.129. The number of ketones is 1. The molecule has 0 bridgehead atoms. The predicted molar refractivity (Wildman–Crippen MR) is 142 cm³/mol. The molecular weight excluding hydrogens is 480 g/mol. The van der Waals surface area contributed by atoms with Gasteiger partial charge in [-0.25, -0.2) is 0 Å². The number of amides is 1. The van der Waals surface area contributed by atoms with Crippen LogP contribution >= 0.6 is 0 Å². The summed E-state index contributed by atoms with van der Waals surface area (Å²) in [6, 6.07) is 23.9. The number of rotatable bonds is 7. The second-order valence-electron chi connectivity index (χ2n) is 9.13. The third-order valence-electron chi connectivity index (χ3n) is 6.51. The normalized spacial score (nSPS) is 16.6. The molecule has 1 amide bonds. The molecule has 0 spiro atoms. The lowest BCUT2D eigenvalue weighted by molar-refractivity contribution is -0.140. The molecule has 1 aliphatic heterocycles. The van der Waals surface area contributed by atoms with Crippen LogP contribution in [0.2, 0.25) is 0 Å². The van der Waals surface area contributed by atoms with E-state index >= 15 is 0 Å². The monoisotopic (exact) mass is 506 g/mol. The Morgan fingerprint density at radius 1 is 0.947 bits per heavy atom. The van der Waals surface area contributed by atoms with Crippen LogP contribution in [0.4, 0.5) is 0 Å². The first-order valence-corrected chi connectivity index (χ1v) is 12.2. The Morgan fingerprint density at radius 3 is 2.37 bits per heavy atom. The number of hydrogen-bond donors (Lipinski definition) is 2. The zero-order valence-electron chi connectivity index (χ0n) is 20.7. The van der Waals surface area contributed by atoms with Crippen LogP contribution in [0, 0.1) is 6.92 Å². The Balaban J connectivity index is 1.51. The SMILES string of the molecule is Cc1cc(C(O)=C2C(=O)C(=O)N(Cc3cccnc3)[C@@H]2c2ccc(O)cc2)ccc1OCc1ccccc1. The minimum absolute atomic E-state index is 0.0121. The third-order valence-corrected chi connectivity index (χ3v) is 6.51. The number of aromatic hydroxyl groups is 1. The summed E-state index contributed by atoms with van der Waals surface area (Å²) in [5.41, 5.74) is 3.53. The van der Waals surface area contributed by atoms with Crippen molar-refractivity contribution in [3.8, 4) is 11.5 Å². The summed E-state index contributed by atoms with van der Waals surface area (Å²) in [6.07, 6.45) is 3.26. The molecule has 0 unspecified atom stereocenters. The summed E-state index contributed by atoms with van der Waals surface area (Å²) in [7, 11) is 0. The van der Waals surface area contributed by atoms with E-state index in [1.54, 1.807) is 48.8 Å². The lowest BCUT2D eigenvalue weighted by Gasteiger charge is -2.25. The van der Waals surface area contributed by atoms with Gasteiger partial charge in [-0.2, -0.15) is 0 Å². The first-order valence-electron chi connectivity index (χ1n) is 12.2. The number of likely N-dealkylation sites (tertiary alicyclic amines) is 1. The maximum absolute atomic E-state index is 13.3. The van der Waals surface area contributed by atoms with E-state index in [2.05, 4.69) is 4.98 Å². The molecule has 38 heavy (non-hydrogen) atoms. The number of carbonyl (C=O) groups excluding carboxylic acids is 2. The molecule has 190 valence electrons. The molecule has 2 N–H and O–H groups in total. The molecule has 1 saturated heterocycles. The number of Topliss-reactive ketones (excluding diaryl/α,β-unsaturated/α-hetero) is 1. The highest BCUT2D eigenvalue weighted by atomic mass is 16.5. The van der Waals surface area contributed by atoms with Gasteiger partial charge in [-0.1, -0.05) is 48.5 Å². The Kier molecular flexibility index (Phi) is 6.91. The first-order chi connectivity index (χ1) is 18.4. The quantitative estimate of drug-likeness (QED) is 0.201. The van der Waals surface area contributed by atoms with Crippen molar-refractivity contribution in [3.05, 3.63) is 131 Å². The highest BCUT2D eigenvalue weighted by Crippen LogP contribution is 2.41. The minimum atomic E-state index is -0.842. The maximum Gasteiger partial charge on any atom is 0.295 e. The van der Waals surface area contributed by atoms with Crippen LogP contribution < -0.4 is 4.74 Å². The van der Waals surface area contributed by atoms with Gasteiger partial charge >= 0.3 is 0 Å². The summed E-state index contributed by atoms with van der Waals surface area (Å²) >= 11 is 0. The molecule has 5 rings (SSSR count). The number of aryl methyl sites for hydroxylation is 1. The van der Waals surface area contributed by atoms with Gasteiger partial charge in [0.2, 0.25) is 0 Å². The Bertz CT molecular complexity index is 1500. The van der Waals surface area contributed by atoms with Crippen molar-refractivity contribution in [1.82, 2.24) is 9.88 Å². The average Bonchev–Trinajstić information content (AvgIpc) is 3.18. The summed E-state index contributed by atoms with van der Waals surface area (Å²) in [5.74, 6) is -1.05. The van der Waals surface area contributed by atoms with E-state index in [1.807, 2.05) is 43.3 Å². The number of phenols is 1. The molecule has 1 aliphatic rings. The number of carbonyl (C=O) groups is 2. The molecule has 1 atom stereocenters. The highest BCUT2D eigenvalue weighted by Gasteiger charge is 2.46. The standard InChI is InChI=1S/C31H26N2O5/c1-20-16-24(11-14-26(20)38-19-21-6-3-2-4-7-21)29(35)27-28(23-9-12-25(34)13-10-23)33(31(37)30(27)36)18-22-8-5-15-32-17-22/h2-17,28,34-35H,18-19H2,1H3/t28-/m1/s1. The van der Waals surface area contributed by atoms with Crippen LogP contribution in [0.3, 0.4) is 0 Å². The van der Waals surface area contributed by atoms with E-state index in [-0.39, 0.29) is 23.6 Å². The number of pyridine rings is 1. The van der Waals surface area contributed by atoms with E-state index in [0.29, 0.717) is 23.5 Å². The average molecular weight is 507 g/mol. The van der Waals surface area contributed by atoms with E-state index in [0.717, 1.165) is 16.7 Å². The topological polar surface area (TPSA) is 100.0 Å². The molecule has 0 aliphatic carbocycles. The lowest BCUT2D eigenvalue weighted by Crippen LogP contribution is -2.29. The second kappa shape index (κ2) is 10.6. The molecule has 7 nitrogen and oxygen atoms in total. The first kappa shape index (κ1) is 24.8. The fourth-order valence-electron chi connectivity index (χ4n) is 4.58. The van der Waals surface area contributed by atoms with E-state index in [1.165, 1.54) is 17.0 Å². The van der Waals surface area contributed by atoms with Crippen molar-refractivity contribution < 1.29 is 24.5 Å². The largest absolute Gasteiger partial charge is 0.508 e. The second-order valence-corrected chi connectivity index (χ2v) is 9.13. The zero-order valence-corrected chi connectivity index (χ0v) is 20.7. The number of hydrogen-bond acceptors (Lipinski definition) is 6. The number of ether oxygens (including phenoxy) is 1. The van der Waals surface area contributed by atoms with Gasteiger partial charge in [0.05, 0.1) is 11.6 Å². The van der Waals surface area contributed by atoms with Crippen LogP contribution in [0.15, 0.2) is 103 Å². The van der Waals surface area contributed by atoms with Gasteiger partial charge in [-0.05, 0) is 65.6 Å². The van der Waals surface area contributed by atoms with Gasteiger partial charge in [0.1, 0.15) is 23.9 Å². The number of nitrogens with zero attached hydrogens (tertiary/aromatic N) is 2. The van der Waals surface area contributed by atoms with Gasteiger partial charge in [0, 0.05) is 24.5 Å². The van der Waals surface area contributed by atoms with Crippen molar-refractivity contribution in [2.45, 2.75) is 26.1 Å². The summed E-state index contributed by atoms with van der Waals surface area (Å²) in [5, 5.41) is 21.2. The molecular formula is C31H26N2O5. The van der Waals surface area contributed by atoms with Crippen molar-refractivity contribution in [1.29, 1.82) is 0 Å². The van der Waals surface area contributed by atoms with Crippen LogP contribution in [0.1, 0.15) is 33.9 Å². The van der Waals surface area contributed by atoms with Crippen molar-refractivity contribution in [3.63, 3.8) is 0 Å². The maximum atomic E-state index is 13.3. The van der Waals surface area contributed by atoms with Crippen LogP contribution in [0.25, 0.3) is 5.76 Å². The van der Waals surface area contributed by atoms with E-state index < -0.39 is 17.7 Å². The number of aromatic nitrogens is 1. The molecule has 1 fully saturated rings. The van der Waals surface area contributed by atoms with Crippen LogP contribution in [-0.4, -0.2) is 31.8 Å². The molecule has 3 aromatic carbocycles. The Labute approximate surface area is 220 Å². The Morgan fingerprint density at radius 2 is 1.68 bits per heavy atom. The zero-order chi connectivity index (χ0) is 26.6.